The molecule has 2 aliphatic heterocycles. The third-order valence-corrected chi connectivity index (χ3v) is 3.17. The number of anilines is 1. The zero-order valence-corrected chi connectivity index (χ0v) is 10.2. The number of ether oxygens (including phenoxy) is 2. The molecule has 5 N–H and O–H groups in total. The van der Waals surface area contributed by atoms with Gasteiger partial charge in [0.1, 0.15) is 19.0 Å². The molecule has 0 bridgehead atoms. The number of rotatable bonds is 1. The van der Waals surface area contributed by atoms with Gasteiger partial charge in [0.25, 0.3) is 0 Å². The summed E-state index contributed by atoms with van der Waals surface area (Å²) in [4.78, 5) is 2.13. The summed E-state index contributed by atoms with van der Waals surface area (Å²) in [7, 11) is 0. The molecule has 3 rings (SSSR count). The first kappa shape index (κ1) is 11.6. The number of hydrogen-bond acceptors (Lipinski definition) is 6. The van der Waals surface area contributed by atoms with Gasteiger partial charge in [0.15, 0.2) is 11.5 Å². The zero-order valence-electron chi connectivity index (χ0n) is 10.2. The van der Waals surface area contributed by atoms with Crippen LogP contribution in [0.25, 0.3) is 0 Å². The highest BCUT2D eigenvalue weighted by Crippen LogP contribution is 2.39. The van der Waals surface area contributed by atoms with Crippen LogP contribution in [-0.4, -0.2) is 38.6 Å². The molecule has 98 valence electrons. The molecule has 0 amide bonds. The topological polar surface area (TPSA) is 85.8 Å². The molecule has 1 aromatic rings. The van der Waals surface area contributed by atoms with Crippen molar-refractivity contribution in [2.75, 3.05) is 37.7 Å². The van der Waals surface area contributed by atoms with Gasteiger partial charge in [0.05, 0.1) is 12.2 Å². The molecule has 0 unspecified atom stereocenters. The van der Waals surface area contributed by atoms with Gasteiger partial charge in [0.2, 0.25) is 0 Å². The minimum atomic E-state index is -0.865. The smallest absolute Gasteiger partial charge is 0.184 e. The average molecular weight is 250 g/mol. The number of benzene rings is 1. The van der Waals surface area contributed by atoms with Crippen molar-refractivity contribution in [1.29, 1.82) is 0 Å². The van der Waals surface area contributed by atoms with E-state index < -0.39 is 5.79 Å². The number of piperazine rings is 1. The number of nitrogens with zero attached hydrogens (tertiary/aromatic N) is 1. The maximum Gasteiger partial charge on any atom is 0.184 e. The Morgan fingerprint density at radius 3 is 2.89 bits per heavy atom. The summed E-state index contributed by atoms with van der Waals surface area (Å²) in [6, 6.07) is 5.88. The Hall–Kier alpha value is -1.50. The summed E-state index contributed by atoms with van der Waals surface area (Å²) < 4.78 is 11.3. The molecular weight excluding hydrogens is 232 g/mol. The SMILES string of the molecule is NC1(N)CN(c2cccc3c2OCCO3)CCN1. The summed E-state index contributed by atoms with van der Waals surface area (Å²) in [6.45, 7) is 3.29. The lowest BCUT2D eigenvalue weighted by Crippen LogP contribution is -2.71. The lowest BCUT2D eigenvalue weighted by Gasteiger charge is -2.40. The van der Waals surface area contributed by atoms with Crippen molar-refractivity contribution in [3.63, 3.8) is 0 Å². The second kappa shape index (κ2) is 4.31. The van der Waals surface area contributed by atoms with Crippen molar-refractivity contribution in [3.8, 4) is 11.5 Å². The Morgan fingerprint density at radius 1 is 1.22 bits per heavy atom. The van der Waals surface area contributed by atoms with E-state index in [-0.39, 0.29) is 0 Å². The maximum atomic E-state index is 5.93. The van der Waals surface area contributed by atoms with Crippen molar-refractivity contribution < 1.29 is 9.47 Å². The van der Waals surface area contributed by atoms with Crippen LogP contribution in [-0.2, 0) is 0 Å². The quantitative estimate of drug-likeness (QED) is 0.579. The average Bonchev–Trinajstić information content (AvgIpc) is 2.37. The van der Waals surface area contributed by atoms with Gasteiger partial charge in [-0.2, -0.15) is 0 Å². The van der Waals surface area contributed by atoms with Crippen molar-refractivity contribution in [2.24, 2.45) is 11.5 Å². The van der Waals surface area contributed by atoms with Crippen molar-refractivity contribution in [2.45, 2.75) is 5.79 Å². The molecule has 1 aromatic carbocycles. The van der Waals surface area contributed by atoms with Crippen LogP contribution in [0.5, 0.6) is 11.5 Å². The van der Waals surface area contributed by atoms with Gasteiger partial charge >= 0.3 is 0 Å². The largest absolute Gasteiger partial charge is 0.486 e. The first-order valence-corrected chi connectivity index (χ1v) is 6.12. The first-order valence-electron chi connectivity index (χ1n) is 6.12. The highest BCUT2D eigenvalue weighted by Gasteiger charge is 2.29. The molecule has 0 atom stereocenters. The molecule has 2 heterocycles. The summed E-state index contributed by atoms with van der Waals surface area (Å²) in [5, 5.41) is 3.08. The summed E-state index contributed by atoms with van der Waals surface area (Å²) in [6.07, 6.45) is 0. The van der Waals surface area contributed by atoms with Crippen LogP contribution >= 0.6 is 0 Å². The van der Waals surface area contributed by atoms with Crippen molar-refractivity contribution in [3.05, 3.63) is 18.2 Å². The minimum Gasteiger partial charge on any atom is -0.486 e. The van der Waals surface area contributed by atoms with Gasteiger partial charge in [-0.1, -0.05) is 6.07 Å². The zero-order chi connectivity index (χ0) is 12.6. The molecule has 18 heavy (non-hydrogen) atoms. The fourth-order valence-electron chi connectivity index (χ4n) is 2.39. The lowest BCUT2D eigenvalue weighted by molar-refractivity contribution is 0.171. The summed E-state index contributed by atoms with van der Waals surface area (Å²) in [5.41, 5.74) is 12.9. The van der Waals surface area contributed by atoms with E-state index in [4.69, 9.17) is 20.9 Å². The van der Waals surface area contributed by atoms with Crippen LogP contribution in [0.15, 0.2) is 18.2 Å². The Balaban J connectivity index is 1.92. The molecule has 1 fully saturated rings. The Bertz CT molecular complexity index is 450. The number of nitrogens with two attached hydrogens (primary N) is 2. The van der Waals surface area contributed by atoms with Crippen LogP contribution in [0.1, 0.15) is 0 Å². The lowest BCUT2D eigenvalue weighted by atomic mass is 10.2. The van der Waals surface area contributed by atoms with E-state index >= 15 is 0 Å². The second-order valence-corrected chi connectivity index (χ2v) is 4.69. The fourth-order valence-corrected chi connectivity index (χ4v) is 2.39. The molecular formula is C12H18N4O2. The number of para-hydroxylation sites is 1. The standard InChI is InChI=1S/C12H18N4O2/c13-12(14)8-16(5-4-15-12)9-2-1-3-10-11(9)18-7-6-17-10/h1-3,15H,4-8,13-14H2. The molecule has 1 saturated heterocycles. The highest BCUT2D eigenvalue weighted by atomic mass is 16.6. The second-order valence-electron chi connectivity index (χ2n) is 4.69. The van der Waals surface area contributed by atoms with Gasteiger partial charge in [-0.3, -0.25) is 16.8 Å². The van der Waals surface area contributed by atoms with Crippen LogP contribution in [0, 0.1) is 0 Å². The molecule has 0 aromatic heterocycles. The van der Waals surface area contributed by atoms with Gasteiger partial charge in [-0.15, -0.1) is 0 Å². The van der Waals surface area contributed by atoms with Gasteiger partial charge in [-0.05, 0) is 12.1 Å². The molecule has 0 aliphatic carbocycles. The molecule has 0 saturated carbocycles. The normalized spacial score (nSPS) is 21.8. The van der Waals surface area contributed by atoms with Gasteiger partial charge < -0.3 is 14.4 Å². The van der Waals surface area contributed by atoms with Gasteiger partial charge in [-0.25, -0.2) is 0 Å². The van der Waals surface area contributed by atoms with E-state index in [1.807, 2.05) is 18.2 Å². The molecule has 6 heteroatoms. The highest BCUT2D eigenvalue weighted by molar-refractivity contribution is 5.65. The third kappa shape index (κ3) is 2.10. The van der Waals surface area contributed by atoms with Crippen LogP contribution in [0.3, 0.4) is 0 Å². The van der Waals surface area contributed by atoms with E-state index in [1.54, 1.807) is 0 Å². The van der Waals surface area contributed by atoms with Crippen LogP contribution < -0.4 is 31.2 Å². The Kier molecular flexibility index (Phi) is 2.77. The van der Waals surface area contributed by atoms with Crippen LogP contribution in [0.2, 0.25) is 0 Å². The minimum absolute atomic E-state index is 0.535. The molecule has 6 nitrogen and oxygen atoms in total. The number of hydrogen-bond donors (Lipinski definition) is 3. The Labute approximate surface area is 106 Å². The number of nitrogens with one attached hydrogen (secondary N) is 1. The van der Waals surface area contributed by atoms with E-state index in [2.05, 4.69) is 10.2 Å². The monoisotopic (exact) mass is 250 g/mol. The molecule has 0 spiro atoms. The van der Waals surface area contributed by atoms with Crippen molar-refractivity contribution in [1.82, 2.24) is 5.32 Å². The number of fused-ring (bicyclic) bond motifs is 1. The third-order valence-electron chi connectivity index (χ3n) is 3.17. The fraction of sp³-hybridized carbons (Fsp3) is 0.500. The molecule has 2 aliphatic rings. The van der Waals surface area contributed by atoms with E-state index in [1.165, 1.54) is 0 Å². The summed E-state index contributed by atoms with van der Waals surface area (Å²) in [5.74, 6) is 0.717. The Morgan fingerprint density at radius 2 is 2.06 bits per heavy atom. The van der Waals surface area contributed by atoms with E-state index in [0.29, 0.717) is 19.8 Å². The van der Waals surface area contributed by atoms with E-state index in [9.17, 15) is 0 Å². The predicted molar refractivity (Wildman–Crippen MR) is 68.8 cm³/mol. The predicted octanol–water partition coefficient (Wildman–Crippen LogP) is -0.561. The van der Waals surface area contributed by atoms with Crippen LogP contribution in [0.4, 0.5) is 5.69 Å². The van der Waals surface area contributed by atoms with Crippen molar-refractivity contribution >= 4 is 5.69 Å². The summed E-state index contributed by atoms with van der Waals surface area (Å²) >= 11 is 0. The van der Waals surface area contributed by atoms with Gasteiger partial charge in [0, 0.05) is 13.1 Å². The maximum absolute atomic E-state index is 5.93. The first-order chi connectivity index (χ1) is 8.66. The van der Waals surface area contributed by atoms with E-state index in [0.717, 1.165) is 30.3 Å². The molecule has 0 radical (unpaired) electrons.